The summed E-state index contributed by atoms with van der Waals surface area (Å²) < 4.78 is 10.9. The zero-order valence-corrected chi connectivity index (χ0v) is 13.1. The van der Waals surface area contributed by atoms with Crippen LogP contribution in [0.25, 0.3) is 0 Å². The number of amides is 1. The van der Waals surface area contributed by atoms with E-state index in [1.54, 1.807) is 35.4 Å². The molecule has 1 aromatic heterocycles. The summed E-state index contributed by atoms with van der Waals surface area (Å²) >= 11 is 1.64. The highest BCUT2D eigenvalue weighted by Gasteiger charge is 2.10. The van der Waals surface area contributed by atoms with Crippen molar-refractivity contribution in [3.63, 3.8) is 0 Å². The number of thiophene rings is 1. The van der Waals surface area contributed by atoms with Crippen LogP contribution in [0.3, 0.4) is 0 Å². The molecular formula is C16H19NO3S. The molecule has 112 valence electrons. The van der Waals surface area contributed by atoms with Gasteiger partial charge in [-0.25, -0.2) is 0 Å². The lowest BCUT2D eigenvalue weighted by Crippen LogP contribution is -2.30. The Labute approximate surface area is 128 Å². The van der Waals surface area contributed by atoms with E-state index in [0.717, 1.165) is 10.6 Å². The number of hydrogen-bond donors (Lipinski definition) is 0. The van der Waals surface area contributed by atoms with Gasteiger partial charge in [-0.1, -0.05) is 6.07 Å². The van der Waals surface area contributed by atoms with Gasteiger partial charge in [-0.05, 0) is 42.6 Å². The summed E-state index contributed by atoms with van der Waals surface area (Å²) in [5.41, 5.74) is 0. The molecule has 5 heteroatoms. The number of nitrogens with zero attached hydrogens (tertiary/aromatic N) is 1. The van der Waals surface area contributed by atoms with Crippen molar-refractivity contribution in [2.75, 3.05) is 20.3 Å². The van der Waals surface area contributed by atoms with Crippen LogP contribution in [0, 0.1) is 0 Å². The van der Waals surface area contributed by atoms with E-state index in [1.165, 1.54) is 0 Å². The molecule has 0 aliphatic rings. The summed E-state index contributed by atoms with van der Waals surface area (Å²) in [6.45, 7) is 3.22. The first-order chi connectivity index (χ1) is 10.2. The zero-order chi connectivity index (χ0) is 15.1. The van der Waals surface area contributed by atoms with Crippen LogP contribution in [-0.2, 0) is 11.3 Å². The number of ether oxygens (including phenoxy) is 2. The predicted molar refractivity (Wildman–Crippen MR) is 83.9 cm³/mol. The van der Waals surface area contributed by atoms with Gasteiger partial charge in [0.05, 0.1) is 13.2 Å². The fourth-order valence-corrected chi connectivity index (χ4v) is 2.54. The van der Waals surface area contributed by atoms with Crippen LogP contribution in [0.15, 0.2) is 41.8 Å². The van der Waals surface area contributed by atoms with Crippen molar-refractivity contribution < 1.29 is 14.3 Å². The molecule has 1 heterocycles. The molecule has 0 saturated heterocycles. The van der Waals surface area contributed by atoms with Gasteiger partial charge in [0.15, 0.2) is 6.61 Å². The highest BCUT2D eigenvalue weighted by atomic mass is 32.1. The summed E-state index contributed by atoms with van der Waals surface area (Å²) in [4.78, 5) is 14.8. The minimum absolute atomic E-state index is 0.0376. The predicted octanol–water partition coefficient (Wildman–Crippen LogP) is 3.18. The second-order valence-electron chi connectivity index (χ2n) is 4.52. The standard InChI is InChI=1S/C16H19NO3S/c1-3-19-13-6-8-14(9-7-13)20-12-16(18)17(2)11-15-5-4-10-21-15/h4-10H,3,11-12H2,1-2H3. The maximum atomic E-state index is 12.0. The van der Waals surface area contributed by atoms with E-state index in [-0.39, 0.29) is 12.5 Å². The zero-order valence-electron chi connectivity index (χ0n) is 12.2. The maximum Gasteiger partial charge on any atom is 0.260 e. The van der Waals surface area contributed by atoms with E-state index < -0.39 is 0 Å². The number of likely N-dealkylation sites (N-methyl/N-ethyl adjacent to an activating group) is 1. The first-order valence-electron chi connectivity index (χ1n) is 6.81. The lowest BCUT2D eigenvalue weighted by atomic mass is 10.3. The van der Waals surface area contributed by atoms with Crippen LogP contribution in [0.4, 0.5) is 0 Å². The van der Waals surface area contributed by atoms with Crippen LogP contribution in [0.5, 0.6) is 11.5 Å². The number of benzene rings is 1. The van der Waals surface area contributed by atoms with Gasteiger partial charge in [0.2, 0.25) is 0 Å². The SMILES string of the molecule is CCOc1ccc(OCC(=O)N(C)Cc2cccs2)cc1. The van der Waals surface area contributed by atoms with E-state index >= 15 is 0 Å². The third kappa shape index (κ3) is 4.79. The third-order valence-corrected chi connectivity index (χ3v) is 3.76. The van der Waals surface area contributed by atoms with Crippen molar-refractivity contribution in [2.45, 2.75) is 13.5 Å². The highest BCUT2D eigenvalue weighted by molar-refractivity contribution is 7.09. The second-order valence-corrected chi connectivity index (χ2v) is 5.55. The van der Waals surface area contributed by atoms with Gasteiger partial charge in [-0.2, -0.15) is 0 Å². The van der Waals surface area contributed by atoms with Gasteiger partial charge in [-0.15, -0.1) is 11.3 Å². The number of carbonyl (C=O) groups is 1. The number of hydrogen-bond acceptors (Lipinski definition) is 4. The Morgan fingerprint density at radius 2 is 1.81 bits per heavy atom. The number of rotatable bonds is 7. The van der Waals surface area contributed by atoms with Crippen molar-refractivity contribution >= 4 is 17.2 Å². The van der Waals surface area contributed by atoms with Crippen LogP contribution in [0.2, 0.25) is 0 Å². The van der Waals surface area contributed by atoms with E-state index in [0.29, 0.717) is 18.9 Å². The monoisotopic (exact) mass is 305 g/mol. The minimum atomic E-state index is -0.0442. The molecule has 0 N–H and O–H groups in total. The van der Waals surface area contributed by atoms with Gasteiger partial charge in [0.25, 0.3) is 5.91 Å². The Bertz CT molecular complexity index is 551. The summed E-state index contributed by atoms with van der Waals surface area (Å²) in [6.07, 6.45) is 0. The van der Waals surface area contributed by atoms with E-state index in [9.17, 15) is 4.79 Å². The topological polar surface area (TPSA) is 38.8 Å². The van der Waals surface area contributed by atoms with E-state index in [4.69, 9.17) is 9.47 Å². The summed E-state index contributed by atoms with van der Waals surface area (Å²) in [7, 11) is 1.78. The third-order valence-electron chi connectivity index (χ3n) is 2.90. The second kappa shape index (κ2) is 7.69. The molecule has 0 saturated carbocycles. The normalized spacial score (nSPS) is 10.2. The van der Waals surface area contributed by atoms with Gasteiger partial charge < -0.3 is 14.4 Å². The molecule has 0 spiro atoms. The first-order valence-corrected chi connectivity index (χ1v) is 7.69. The quantitative estimate of drug-likeness (QED) is 0.788. The molecule has 2 aromatic rings. The Hall–Kier alpha value is -2.01. The Morgan fingerprint density at radius 1 is 1.14 bits per heavy atom. The van der Waals surface area contributed by atoms with Crippen molar-refractivity contribution in [1.82, 2.24) is 4.90 Å². The van der Waals surface area contributed by atoms with Crippen molar-refractivity contribution in [2.24, 2.45) is 0 Å². The first kappa shape index (κ1) is 15.4. The van der Waals surface area contributed by atoms with Crippen molar-refractivity contribution in [3.05, 3.63) is 46.7 Å². The molecule has 0 radical (unpaired) electrons. The van der Waals surface area contributed by atoms with E-state index in [1.807, 2.05) is 36.6 Å². The molecule has 0 fully saturated rings. The average molecular weight is 305 g/mol. The van der Waals surface area contributed by atoms with Gasteiger partial charge in [0.1, 0.15) is 11.5 Å². The average Bonchev–Trinajstić information content (AvgIpc) is 2.99. The molecule has 4 nitrogen and oxygen atoms in total. The lowest BCUT2D eigenvalue weighted by Gasteiger charge is -2.16. The summed E-state index contributed by atoms with van der Waals surface area (Å²) in [5, 5.41) is 2.00. The molecule has 0 bridgehead atoms. The van der Waals surface area contributed by atoms with Gasteiger partial charge in [0, 0.05) is 11.9 Å². The van der Waals surface area contributed by atoms with Crippen molar-refractivity contribution in [1.29, 1.82) is 0 Å². The Balaban J connectivity index is 1.80. The van der Waals surface area contributed by atoms with Crippen molar-refractivity contribution in [3.8, 4) is 11.5 Å². The summed E-state index contributed by atoms with van der Waals surface area (Å²) in [5.74, 6) is 1.42. The molecule has 2 rings (SSSR count). The largest absolute Gasteiger partial charge is 0.494 e. The molecule has 0 unspecified atom stereocenters. The van der Waals surface area contributed by atoms with Crippen LogP contribution in [0.1, 0.15) is 11.8 Å². The van der Waals surface area contributed by atoms with Crippen LogP contribution in [-0.4, -0.2) is 31.1 Å². The molecule has 21 heavy (non-hydrogen) atoms. The van der Waals surface area contributed by atoms with Crippen LogP contribution < -0.4 is 9.47 Å². The van der Waals surface area contributed by atoms with Gasteiger partial charge >= 0.3 is 0 Å². The molecule has 1 amide bonds. The Kier molecular flexibility index (Phi) is 5.63. The lowest BCUT2D eigenvalue weighted by molar-refractivity contribution is -0.132. The molecular weight excluding hydrogens is 286 g/mol. The van der Waals surface area contributed by atoms with E-state index in [2.05, 4.69) is 0 Å². The number of carbonyl (C=O) groups excluding carboxylic acids is 1. The smallest absolute Gasteiger partial charge is 0.260 e. The minimum Gasteiger partial charge on any atom is -0.494 e. The molecule has 1 aromatic carbocycles. The maximum absolute atomic E-state index is 12.0. The van der Waals surface area contributed by atoms with Crippen LogP contribution >= 0.6 is 11.3 Å². The molecule has 0 aliphatic carbocycles. The highest BCUT2D eigenvalue weighted by Crippen LogP contribution is 2.17. The fourth-order valence-electron chi connectivity index (χ4n) is 1.78. The Morgan fingerprint density at radius 3 is 2.38 bits per heavy atom. The fraction of sp³-hybridized carbons (Fsp3) is 0.312. The summed E-state index contributed by atoms with van der Waals surface area (Å²) in [6, 6.07) is 11.3. The molecule has 0 atom stereocenters. The van der Waals surface area contributed by atoms with Gasteiger partial charge in [-0.3, -0.25) is 4.79 Å². The molecule has 0 aliphatic heterocycles.